The lowest BCUT2D eigenvalue weighted by Crippen LogP contribution is -2.00. The molecular formula is C13H11ClF2N2. The van der Waals surface area contributed by atoms with Gasteiger partial charge in [0.05, 0.1) is 10.7 Å². The minimum atomic E-state index is -0.759. The summed E-state index contributed by atoms with van der Waals surface area (Å²) in [5.74, 6) is -1.52. The third-order valence-corrected chi connectivity index (χ3v) is 2.78. The van der Waals surface area contributed by atoms with Crippen LogP contribution in [0.15, 0.2) is 30.3 Å². The number of aryl methyl sites for hydroxylation is 1. The molecule has 0 heterocycles. The Morgan fingerprint density at radius 3 is 2.33 bits per heavy atom. The topological polar surface area (TPSA) is 38.0 Å². The number of benzene rings is 2. The van der Waals surface area contributed by atoms with E-state index < -0.39 is 11.6 Å². The van der Waals surface area contributed by atoms with Gasteiger partial charge in [-0.1, -0.05) is 17.7 Å². The van der Waals surface area contributed by atoms with Crippen molar-refractivity contribution < 1.29 is 8.78 Å². The van der Waals surface area contributed by atoms with Crippen LogP contribution >= 0.6 is 11.6 Å². The molecule has 5 heteroatoms. The van der Waals surface area contributed by atoms with Crippen LogP contribution < -0.4 is 11.1 Å². The molecule has 0 spiro atoms. The summed E-state index contributed by atoms with van der Waals surface area (Å²) in [4.78, 5) is 0. The molecule has 0 aliphatic heterocycles. The Labute approximate surface area is 108 Å². The molecule has 0 atom stereocenters. The molecule has 0 fully saturated rings. The summed E-state index contributed by atoms with van der Waals surface area (Å²) < 4.78 is 27.2. The van der Waals surface area contributed by atoms with E-state index >= 15 is 0 Å². The van der Waals surface area contributed by atoms with Crippen molar-refractivity contribution in [2.24, 2.45) is 0 Å². The lowest BCUT2D eigenvalue weighted by atomic mass is 10.2. The van der Waals surface area contributed by atoms with Crippen LogP contribution in [-0.4, -0.2) is 0 Å². The molecule has 2 nitrogen and oxygen atoms in total. The van der Waals surface area contributed by atoms with E-state index in [4.69, 9.17) is 17.3 Å². The highest BCUT2D eigenvalue weighted by molar-refractivity contribution is 6.33. The van der Waals surface area contributed by atoms with Crippen molar-refractivity contribution >= 4 is 28.7 Å². The maximum absolute atomic E-state index is 13.6. The van der Waals surface area contributed by atoms with Crippen molar-refractivity contribution in [1.29, 1.82) is 0 Å². The van der Waals surface area contributed by atoms with E-state index in [2.05, 4.69) is 5.32 Å². The van der Waals surface area contributed by atoms with E-state index in [1.807, 2.05) is 13.0 Å². The van der Waals surface area contributed by atoms with Gasteiger partial charge in [-0.3, -0.25) is 0 Å². The highest BCUT2D eigenvalue weighted by Crippen LogP contribution is 2.30. The first-order valence-corrected chi connectivity index (χ1v) is 5.63. The van der Waals surface area contributed by atoms with Gasteiger partial charge in [0.25, 0.3) is 0 Å². The van der Waals surface area contributed by atoms with Crippen molar-refractivity contribution in [2.75, 3.05) is 11.1 Å². The second kappa shape index (κ2) is 4.82. The van der Waals surface area contributed by atoms with E-state index in [-0.39, 0.29) is 11.4 Å². The summed E-state index contributed by atoms with van der Waals surface area (Å²) in [7, 11) is 0. The SMILES string of the molecule is Cc1ccc(Cl)c(Nc2c(F)cc(N)cc2F)c1. The third-order valence-electron chi connectivity index (χ3n) is 2.45. The highest BCUT2D eigenvalue weighted by atomic mass is 35.5. The molecule has 2 aromatic carbocycles. The van der Waals surface area contributed by atoms with E-state index in [0.29, 0.717) is 10.7 Å². The first kappa shape index (κ1) is 12.6. The predicted octanol–water partition coefficient (Wildman–Crippen LogP) is 4.25. The first-order chi connectivity index (χ1) is 8.47. The number of nitrogen functional groups attached to an aromatic ring is 1. The Morgan fingerprint density at radius 1 is 1.11 bits per heavy atom. The van der Waals surface area contributed by atoms with Gasteiger partial charge in [0.2, 0.25) is 0 Å². The van der Waals surface area contributed by atoms with Crippen LogP contribution in [0.3, 0.4) is 0 Å². The fraction of sp³-hybridized carbons (Fsp3) is 0.0769. The summed E-state index contributed by atoms with van der Waals surface area (Å²) in [6, 6.07) is 7.28. The minimum Gasteiger partial charge on any atom is -0.399 e. The quantitative estimate of drug-likeness (QED) is 0.799. The van der Waals surface area contributed by atoms with E-state index in [1.54, 1.807) is 12.1 Å². The second-order valence-electron chi connectivity index (χ2n) is 3.97. The average molecular weight is 269 g/mol. The van der Waals surface area contributed by atoms with Crippen molar-refractivity contribution in [3.05, 3.63) is 52.6 Å². The van der Waals surface area contributed by atoms with Crippen LogP contribution in [0.2, 0.25) is 5.02 Å². The summed E-state index contributed by atoms with van der Waals surface area (Å²) in [5, 5.41) is 3.02. The molecule has 2 aromatic rings. The Balaban J connectivity index is 2.43. The van der Waals surface area contributed by atoms with Gasteiger partial charge < -0.3 is 11.1 Å². The number of nitrogens with one attached hydrogen (secondary N) is 1. The fourth-order valence-electron chi connectivity index (χ4n) is 1.58. The van der Waals surface area contributed by atoms with E-state index in [9.17, 15) is 8.78 Å². The van der Waals surface area contributed by atoms with Gasteiger partial charge >= 0.3 is 0 Å². The Bertz CT molecular complexity index is 577. The Kier molecular flexibility index (Phi) is 3.39. The number of halogens is 3. The molecule has 0 saturated carbocycles. The number of anilines is 3. The number of hydrogen-bond donors (Lipinski definition) is 2. The van der Waals surface area contributed by atoms with Gasteiger partial charge in [-0.15, -0.1) is 0 Å². The molecule has 0 aliphatic carbocycles. The van der Waals surface area contributed by atoms with Crippen LogP contribution in [0, 0.1) is 18.6 Å². The molecule has 3 N–H and O–H groups in total. The van der Waals surface area contributed by atoms with Gasteiger partial charge in [0.1, 0.15) is 5.69 Å². The smallest absolute Gasteiger partial charge is 0.151 e. The van der Waals surface area contributed by atoms with Gasteiger partial charge in [-0.2, -0.15) is 0 Å². The van der Waals surface area contributed by atoms with Gasteiger partial charge in [-0.05, 0) is 36.8 Å². The molecule has 0 unspecified atom stereocenters. The van der Waals surface area contributed by atoms with E-state index in [0.717, 1.165) is 17.7 Å². The molecular weight excluding hydrogens is 258 g/mol. The fourth-order valence-corrected chi connectivity index (χ4v) is 1.75. The monoisotopic (exact) mass is 268 g/mol. The van der Waals surface area contributed by atoms with Crippen molar-refractivity contribution in [1.82, 2.24) is 0 Å². The van der Waals surface area contributed by atoms with Crippen LogP contribution in [0.5, 0.6) is 0 Å². The van der Waals surface area contributed by atoms with Crippen LogP contribution in [0.4, 0.5) is 25.8 Å². The maximum atomic E-state index is 13.6. The molecule has 0 amide bonds. The molecule has 0 radical (unpaired) electrons. The van der Waals surface area contributed by atoms with Gasteiger partial charge in [-0.25, -0.2) is 8.78 Å². The lowest BCUT2D eigenvalue weighted by molar-refractivity contribution is 0.592. The molecule has 0 saturated heterocycles. The maximum Gasteiger partial charge on any atom is 0.151 e. The molecule has 0 aromatic heterocycles. The van der Waals surface area contributed by atoms with Crippen molar-refractivity contribution in [3.8, 4) is 0 Å². The molecule has 0 aliphatic rings. The first-order valence-electron chi connectivity index (χ1n) is 5.25. The zero-order valence-electron chi connectivity index (χ0n) is 9.60. The average Bonchev–Trinajstić information content (AvgIpc) is 2.28. The molecule has 18 heavy (non-hydrogen) atoms. The third kappa shape index (κ3) is 2.54. The predicted molar refractivity (Wildman–Crippen MR) is 70.2 cm³/mol. The zero-order valence-corrected chi connectivity index (χ0v) is 10.4. The van der Waals surface area contributed by atoms with Crippen LogP contribution in [-0.2, 0) is 0 Å². The Morgan fingerprint density at radius 2 is 1.72 bits per heavy atom. The van der Waals surface area contributed by atoms with Gasteiger partial charge in [0.15, 0.2) is 11.6 Å². The van der Waals surface area contributed by atoms with Crippen molar-refractivity contribution in [3.63, 3.8) is 0 Å². The number of hydrogen-bond acceptors (Lipinski definition) is 2. The highest BCUT2D eigenvalue weighted by Gasteiger charge is 2.12. The van der Waals surface area contributed by atoms with Gasteiger partial charge in [0, 0.05) is 5.69 Å². The summed E-state index contributed by atoms with van der Waals surface area (Å²) in [6.07, 6.45) is 0. The molecule has 2 rings (SSSR count). The standard InChI is InChI=1S/C13H11ClF2N2/c1-7-2-3-9(14)12(4-7)18-13-10(15)5-8(17)6-11(13)16/h2-6,18H,17H2,1H3. The van der Waals surface area contributed by atoms with Crippen molar-refractivity contribution in [2.45, 2.75) is 6.92 Å². The molecule has 0 bridgehead atoms. The largest absolute Gasteiger partial charge is 0.399 e. The minimum absolute atomic E-state index is 0.0332. The van der Waals surface area contributed by atoms with Crippen LogP contribution in [0.25, 0.3) is 0 Å². The van der Waals surface area contributed by atoms with Crippen LogP contribution in [0.1, 0.15) is 5.56 Å². The number of nitrogens with two attached hydrogens (primary N) is 1. The van der Waals surface area contributed by atoms with E-state index in [1.165, 1.54) is 0 Å². The normalized spacial score (nSPS) is 10.4. The summed E-state index contributed by atoms with van der Waals surface area (Å²) in [5.41, 5.74) is 6.48. The lowest BCUT2D eigenvalue weighted by Gasteiger charge is -2.11. The summed E-state index contributed by atoms with van der Waals surface area (Å²) >= 11 is 5.95. The number of rotatable bonds is 2. The second-order valence-corrected chi connectivity index (χ2v) is 4.38. The Hall–Kier alpha value is -1.81. The summed E-state index contributed by atoms with van der Waals surface area (Å²) in [6.45, 7) is 1.86. The molecule has 94 valence electrons. The zero-order chi connectivity index (χ0) is 13.3.